The first-order chi connectivity index (χ1) is 9.63. The summed E-state index contributed by atoms with van der Waals surface area (Å²) in [6.07, 6.45) is 0.493. The van der Waals surface area contributed by atoms with Crippen LogP contribution in [0.1, 0.15) is 45.7 Å². The van der Waals surface area contributed by atoms with Crippen LogP contribution in [-0.4, -0.2) is 20.7 Å². The molecule has 0 saturated carbocycles. The Morgan fingerprint density at radius 1 is 1.38 bits per heavy atom. The fourth-order valence-corrected chi connectivity index (χ4v) is 4.02. The van der Waals surface area contributed by atoms with Gasteiger partial charge in [-0.25, -0.2) is 12.8 Å². The molecular formula is C16H24FNO2S. The molecular weight excluding hydrogens is 289 g/mol. The molecule has 1 aromatic rings. The predicted molar refractivity (Wildman–Crippen MR) is 82.4 cm³/mol. The highest BCUT2D eigenvalue weighted by Crippen LogP contribution is 2.34. The molecule has 0 aliphatic carbocycles. The lowest BCUT2D eigenvalue weighted by Gasteiger charge is -2.34. The number of fused-ring (bicyclic) bond motifs is 1. The van der Waals surface area contributed by atoms with E-state index in [4.69, 9.17) is 0 Å². The van der Waals surface area contributed by atoms with Crippen LogP contribution < -0.4 is 5.32 Å². The molecule has 0 bridgehead atoms. The van der Waals surface area contributed by atoms with E-state index in [1.807, 2.05) is 0 Å². The van der Waals surface area contributed by atoms with Gasteiger partial charge in [-0.2, -0.15) is 0 Å². The van der Waals surface area contributed by atoms with Crippen molar-refractivity contribution in [3.8, 4) is 0 Å². The summed E-state index contributed by atoms with van der Waals surface area (Å²) in [4.78, 5) is 0.273. The van der Waals surface area contributed by atoms with Gasteiger partial charge in [-0.1, -0.05) is 27.7 Å². The second-order valence-corrected chi connectivity index (χ2v) is 8.94. The van der Waals surface area contributed by atoms with Crippen LogP contribution >= 0.6 is 0 Å². The van der Waals surface area contributed by atoms with Crippen molar-refractivity contribution in [1.82, 2.24) is 5.32 Å². The third-order valence-corrected chi connectivity index (χ3v) is 6.54. The monoisotopic (exact) mass is 313 g/mol. The molecule has 1 unspecified atom stereocenters. The number of hydrogen-bond acceptors (Lipinski definition) is 3. The van der Waals surface area contributed by atoms with Crippen LogP contribution in [0.15, 0.2) is 23.1 Å². The van der Waals surface area contributed by atoms with Gasteiger partial charge < -0.3 is 5.32 Å². The molecule has 1 heterocycles. The maximum Gasteiger partial charge on any atom is 0.178 e. The van der Waals surface area contributed by atoms with E-state index < -0.39 is 9.84 Å². The molecule has 1 aliphatic rings. The molecule has 0 amide bonds. The molecule has 3 nitrogen and oxygen atoms in total. The molecule has 0 radical (unpaired) electrons. The molecule has 0 saturated heterocycles. The van der Waals surface area contributed by atoms with Crippen molar-refractivity contribution in [3.05, 3.63) is 29.6 Å². The minimum Gasteiger partial charge on any atom is -0.309 e. The first-order valence-electron chi connectivity index (χ1n) is 7.39. The lowest BCUT2D eigenvalue weighted by Crippen LogP contribution is -2.38. The van der Waals surface area contributed by atoms with Crippen molar-refractivity contribution >= 4 is 9.84 Å². The van der Waals surface area contributed by atoms with E-state index in [-0.39, 0.29) is 27.9 Å². The lowest BCUT2D eigenvalue weighted by atomic mass is 9.81. The molecule has 0 aromatic heterocycles. The van der Waals surface area contributed by atoms with Gasteiger partial charge in [0.1, 0.15) is 5.82 Å². The van der Waals surface area contributed by atoms with Gasteiger partial charge in [-0.05, 0) is 41.5 Å². The highest BCUT2D eigenvalue weighted by Gasteiger charge is 2.32. The molecule has 21 heavy (non-hydrogen) atoms. The van der Waals surface area contributed by atoms with Gasteiger partial charge in [0.15, 0.2) is 9.84 Å². The van der Waals surface area contributed by atoms with Crippen LogP contribution in [0.2, 0.25) is 0 Å². The van der Waals surface area contributed by atoms with Gasteiger partial charge in [0.2, 0.25) is 0 Å². The van der Waals surface area contributed by atoms with Crippen molar-refractivity contribution in [3.63, 3.8) is 0 Å². The van der Waals surface area contributed by atoms with Crippen LogP contribution in [0.4, 0.5) is 4.39 Å². The average molecular weight is 313 g/mol. The summed E-state index contributed by atoms with van der Waals surface area (Å²) in [5.74, 6) is 0.232. The first-order valence-corrected chi connectivity index (χ1v) is 9.04. The molecule has 2 rings (SSSR count). The van der Waals surface area contributed by atoms with Crippen molar-refractivity contribution in [2.45, 2.75) is 45.1 Å². The highest BCUT2D eigenvalue weighted by molar-refractivity contribution is 7.91. The standard InChI is InChI=1S/C16H24FNO2S/c1-11(2)16(3,4)10-18-14-7-8-21(19,20)15-6-5-12(17)9-13(14)15/h5-6,9,11,14,18H,7-8,10H2,1-4H3. The van der Waals surface area contributed by atoms with Crippen LogP contribution in [0.5, 0.6) is 0 Å². The summed E-state index contributed by atoms with van der Waals surface area (Å²) in [7, 11) is -3.27. The summed E-state index contributed by atoms with van der Waals surface area (Å²) in [5.41, 5.74) is 0.671. The SMILES string of the molecule is CC(C)C(C)(C)CNC1CCS(=O)(=O)c2ccc(F)cc21. The number of nitrogens with one attached hydrogen (secondary N) is 1. The molecule has 1 atom stereocenters. The Hall–Kier alpha value is -0.940. The third kappa shape index (κ3) is 3.46. The maximum atomic E-state index is 13.5. The number of rotatable bonds is 4. The van der Waals surface area contributed by atoms with Crippen LogP contribution in [0, 0.1) is 17.2 Å². The van der Waals surface area contributed by atoms with Crippen LogP contribution in [-0.2, 0) is 9.84 Å². The number of benzene rings is 1. The first kappa shape index (κ1) is 16.4. The van der Waals surface area contributed by atoms with Crippen molar-refractivity contribution in [2.24, 2.45) is 11.3 Å². The molecule has 1 N–H and O–H groups in total. The molecule has 1 aliphatic heterocycles. The minimum absolute atomic E-state index is 0.0998. The molecule has 0 spiro atoms. The van der Waals surface area contributed by atoms with Crippen molar-refractivity contribution in [2.75, 3.05) is 12.3 Å². The van der Waals surface area contributed by atoms with Crippen LogP contribution in [0.25, 0.3) is 0 Å². The second kappa shape index (κ2) is 5.69. The van der Waals surface area contributed by atoms with E-state index >= 15 is 0 Å². The quantitative estimate of drug-likeness (QED) is 0.867. The van der Waals surface area contributed by atoms with E-state index in [0.29, 0.717) is 17.9 Å². The lowest BCUT2D eigenvalue weighted by molar-refractivity contribution is 0.226. The maximum absolute atomic E-state index is 13.5. The summed E-state index contributed by atoms with van der Waals surface area (Å²) >= 11 is 0. The topological polar surface area (TPSA) is 46.2 Å². The van der Waals surface area contributed by atoms with Gasteiger partial charge in [0.25, 0.3) is 0 Å². The van der Waals surface area contributed by atoms with Crippen molar-refractivity contribution < 1.29 is 12.8 Å². The molecule has 1 aromatic carbocycles. The highest BCUT2D eigenvalue weighted by atomic mass is 32.2. The van der Waals surface area contributed by atoms with E-state index in [1.54, 1.807) is 0 Å². The second-order valence-electron chi connectivity index (χ2n) is 6.87. The number of sulfone groups is 1. The van der Waals surface area contributed by atoms with E-state index in [1.165, 1.54) is 18.2 Å². The van der Waals surface area contributed by atoms with Gasteiger partial charge in [0.05, 0.1) is 10.6 Å². The molecule has 118 valence electrons. The van der Waals surface area contributed by atoms with Gasteiger partial charge in [-0.3, -0.25) is 0 Å². The molecule has 0 fully saturated rings. The summed E-state index contributed by atoms with van der Waals surface area (Å²) < 4.78 is 37.7. The number of halogens is 1. The summed E-state index contributed by atoms with van der Waals surface area (Å²) in [6, 6.07) is 3.86. The Morgan fingerprint density at radius 2 is 2.05 bits per heavy atom. The Balaban J connectivity index is 2.26. The normalized spacial score (nSPS) is 21.3. The van der Waals surface area contributed by atoms with E-state index in [0.717, 1.165) is 6.54 Å². The smallest absolute Gasteiger partial charge is 0.178 e. The largest absolute Gasteiger partial charge is 0.309 e. The number of hydrogen-bond donors (Lipinski definition) is 1. The predicted octanol–water partition coefficient (Wildman–Crippen LogP) is 3.32. The Labute approximate surface area is 126 Å². The molecule has 5 heteroatoms. The fraction of sp³-hybridized carbons (Fsp3) is 0.625. The zero-order valence-electron chi connectivity index (χ0n) is 13.1. The minimum atomic E-state index is -3.27. The summed E-state index contributed by atoms with van der Waals surface area (Å²) in [6.45, 7) is 9.46. The fourth-order valence-electron chi connectivity index (χ4n) is 2.42. The van der Waals surface area contributed by atoms with Crippen LogP contribution in [0.3, 0.4) is 0 Å². The Morgan fingerprint density at radius 3 is 2.67 bits per heavy atom. The Kier molecular flexibility index (Phi) is 4.45. The van der Waals surface area contributed by atoms with E-state index in [9.17, 15) is 12.8 Å². The van der Waals surface area contributed by atoms with Gasteiger partial charge in [0, 0.05) is 12.6 Å². The van der Waals surface area contributed by atoms with Gasteiger partial charge >= 0.3 is 0 Å². The van der Waals surface area contributed by atoms with E-state index in [2.05, 4.69) is 33.0 Å². The zero-order valence-corrected chi connectivity index (χ0v) is 13.9. The summed E-state index contributed by atoms with van der Waals surface area (Å²) in [5, 5.41) is 3.43. The van der Waals surface area contributed by atoms with Crippen molar-refractivity contribution in [1.29, 1.82) is 0 Å². The Bertz CT molecular complexity index is 623. The zero-order chi connectivity index (χ0) is 15.8. The van der Waals surface area contributed by atoms with Gasteiger partial charge in [-0.15, -0.1) is 0 Å². The third-order valence-electron chi connectivity index (χ3n) is 4.72. The average Bonchev–Trinajstić information content (AvgIpc) is 2.37.